The summed E-state index contributed by atoms with van der Waals surface area (Å²) in [6.45, 7) is 3.28. The van der Waals surface area contributed by atoms with Crippen LogP contribution in [0.3, 0.4) is 0 Å². The first kappa shape index (κ1) is 15.2. The van der Waals surface area contributed by atoms with Crippen LogP contribution >= 0.6 is 0 Å². The Bertz CT molecular complexity index is 740. The molecule has 0 bridgehead atoms. The molecule has 0 spiro atoms. The van der Waals surface area contributed by atoms with Gasteiger partial charge in [-0.1, -0.05) is 84.9 Å². The second-order valence-corrected chi connectivity index (χ2v) is 6.63. The molecule has 0 aliphatic carbocycles. The lowest BCUT2D eigenvalue weighted by atomic mass is 9.89. The summed E-state index contributed by atoms with van der Waals surface area (Å²) >= 11 is 0. The summed E-state index contributed by atoms with van der Waals surface area (Å²) in [5, 5.41) is 0. The molecule has 0 saturated heterocycles. The van der Waals surface area contributed by atoms with E-state index in [1.165, 1.54) is 22.3 Å². The van der Waals surface area contributed by atoms with Crippen LogP contribution in [0.5, 0.6) is 0 Å². The predicted octanol–water partition coefficient (Wildman–Crippen LogP) is 4.88. The Morgan fingerprint density at radius 1 is 0.667 bits per heavy atom. The van der Waals surface area contributed by atoms with Gasteiger partial charge in [0.1, 0.15) is 0 Å². The standard InChI is InChI=1S/C23H23N/c1-3-10-20(11-4-1)23(21-12-5-2-6-13-21)18-24-16-15-19-9-7-8-14-22(19)17-24/h1-14,23H,15-18H2. The number of nitrogens with zero attached hydrogens (tertiary/aromatic N) is 1. The van der Waals surface area contributed by atoms with Gasteiger partial charge in [0.15, 0.2) is 0 Å². The van der Waals surface area contributed by atoms with Gasteiger partial charge in [0.2, 0.25) is 0 Å². The summed E-state index contributed by atoms with van der Waals surface area (Å²) in [6.07, 6.45) is 1.16. The molecule has 1 aliphatic heterocycles. The highest BCUT2D eigenvalue weighted by atomic mass is 15.1. The number of fused-ring (bicyclic) bond motifs is 1. The van der Waals surface area contributed by atoms with Crippen LogP contribution in [0, 0.1) is 0 Å². The van der Waals surface area contributed by atoms with Gasteiger partial charge in [0.05, 0.1) is 0 Å². The predicted molar refractivity (Wildman–Crippen MR) is 100 cm³/mol. The van der Waals surface area contributed by atoms with Crippen molar-refractivity contribution in [2.45, 2.75) is 18.9 Å². The van der Waals surface area contributed by atoms with Crippen LogP contribution in [-0.2, 0) is 13.0 Å². The second-order valence-electron chi connectivity index (χ2n) is 6.63. The van der Waals surface area contributed by atoms with E-state index in [4.69, 9.17) is 0 Å². The quantitative estimate of drug-likeness (QED) is 0.664. The van der Waals surface area contributed by atoms with Gasteiger partial charge in [0.25, 0.3) is 0 Å². The van der Waals surface area contributed by atoms with E-state index in [0.29, 0.717) is 5.92 Å². The lowest BCUT2D eigenvalue weighted by molar-refractivity contribution is 0.246. The van der Waals surface area contributed by atoms with Gasteiger partial charge in [-0.25, -0.2) is 0 Å². The minimum Gasteiger partial charge on any atom is -0.298 e. The number of hydrogen-bond donors (Lipinski definition) is 0. The van der Waals surface area contributed by atoms with Gasteiger partial charge in [-0.05, 0) is 28.7 Å². The minimum absolute atomic E-state index is 0.428. The minimum atomic E-state index is 0.428. The molecule has 1 heteroatoms. The lowest BCUT2D eigenvalue weighted by Gasteiger charge is -2.32. The maximum absolute atomic E-state index is 2.60. The molecular weight excluding hydrogens is 290 g/mol. The Kier molecular flexibility index (Phi) is 4.44. The molecule has 1 nitrogen and oxygen atoms in total. The highest BCUT2D eigenvalue weighted by molar-refractivity contribution is 5.34. The van der Waals surface area contributed by atoms with E-state index in [2.05, 4.69) is 89.8 Å². The summed E-state index contributed by atoms with van der Waals surface area (Å²) in [4.78, 5) is 2.60. The maximum atomic E-state index is 2.60. The Hall–Kier alpha value is -2.38. The van der Waals surface area contributed by atoms with Gasteiger partial charge in [-0.3, -0.25) is 4.90 Å². The molecule has 3 aromatic rings. The van der Waals surface area contributed by atoms with E-state index < -0.39 is 0 Å². The average Bonchev–Trinajstić information content (AvgIpc) is 2.67. The highest BCUT2D eigenvalue weighted by Gasteiger charge is 2.21. The molecule has 120 valence electrons. The zero-order chi connectivity index (χ0) is 16.2. The molecule has 1 aliphatic rings. The van der Waals surface area contributed by atoms with Crippen molar-refractivity contribution in [3.63, 3.8) is 0 Å². The third-order valence-corrected chi connectivity index (χ3v) is 5.05. The maximum Gasteiger partial charge on any atom is 0.0236 e. The van der Waals surface area contributed by atoms with Crippen LogP contribution in [0.2, 0.25) is 0 Å². The molecular formula is C23H23N. The molecule has 24 heavy (non-hydrogen) atoms. The van der Waals surface area contributed by atoms with Crippen molar-refractivity contribution in [2.75, 3.05) is 13.1 Å². The summed E-state index contributed by atoms with van der Waals surface area (Å²) in [7, 11) is 0. The van der Waals surface area contributed by atoms with Gasteiger partial charge < -0.3 is 0 Å². The molecule has 0 atom stereocenters. The van der Waals surface area contributed by atoms with E-state index in [0.717, 1.165) is 26.1 Å². The van der Waals surface area contributed by atoms with Crippen LogP contribution in [-0.4, -0.2) is 18.0 Å². The first-order valence-corrected chi connectivity index (χ1v) is 8.79. The third kappa shape index (κ3) is 3.27. The topological polar surface area (TPSA) is 3.24 Å². The summed E-state index contributed by atoms with van der Waals surface area (Å²) in [5.41, 5.74) is 5.82. The fourth-order valence-corrected chi connectivity index (χ4v) is 3.74. The Balaban J connectivity index is 1.59. The Labute approximate surface area is 144 Å². The monoisotopic (exact) mass is 313 g/mol. The van der Waals surface area contributed by atoms with E-state index in [9.17, 15) is 0 Å². The third-order valence-electron chi connectivity index (χ3n) is 5.05. The lowest BCUT2D eigenvalue weighted by Crippen LogP contribution is -2.34. The van der Waals surface area contributed by atoms with Crippen molar-refractivity contribution in [2.24, 2.45) is 0 Å². The van der Waals surface area contributed by atoms with E-state index in [1.807, 2.05) is 0 Å². The van der Waals surface area contributed by atoms with Crippen LogP contribution in [0.4, 0.5) is 0 Å². The zero-order valence-corrected chi connectivity index (χ0v) is 13.9. The van der Waals surface area contributed by atoms with Crippen molar-refractivity contribution < 1.29 is 0 Å². The molecule has 0 aromatic heterocycles. The van der Waals surface area contributed by atoms with Crippen LogP contribution in [0.25, 0.3) is 0 Å². The van der Waals surface area contributed by atoms with Gasteiger partial charge in [-0.2, -0.15) is 0 Å². The van der Waals surface area contributed by atoms with E-state index in [1.54, 1.807) is 0 Å². The molecule has 0 amide bonds. The highest BCUT2D eigenvalue weighted by Crippen LogP contribution is 2.28. The molecule has 4 rings (SSSR count). The summed E-state index contributed by atoms with van der Waals surface area (Å²) in [6, 6.07) is 30.7. The number of benzene rings is 3. The van der Waals surface area contributed by atoms with Crippen LogP contribution in [0.1, 0.15) is 28.2 Å². The van der Waals surface area contributed by atoms with Crippen molar-refractivity contribution in [3.8, 4) is 0 Å². The molecule has 0 fully saturated rings. The summed E-state index contributed by atoms with van der Waals surface area (Å²) < 4.78 is 0. The molecule has 3 aromatic carbocycles. The van der Waals surface area contributed by atoms with Gasteiger partial charge in [0, 0.05) is 25.6 Å². The normalized spacial score (nSPS) is 14.5. The number of hydrogen-bond acceptors (Lipinski definition) is 1. The fourth-order valence-electron chi connectivity index (χ4n) is 3.74. The molecule has 1 heterocycles. The second kappa shape index (κ2) is 7.02. The van der Waals surface area contributed by atoms with Crippen molar-refractivity contribution in [1.82, 2.24) is 4.90 Å². The zero-order valence-electron chi connectivity index (χ0n) is 13.9. The Morgan fingerprint density at radius 2 is 1.21 bits per heavy atom. The Morgan fingerprint density at radius 3 is 1.83 bits per heavy atom. The van der Waals surface area contributed by atoms with Crippen molar-refractivity contribution in [1.29, 1.82) is 0 Å². The first-order chi connectivity index (χ1) is 11.9. The van der Waals surface area contributed by atoms with E-state index >= 15 is 0 Å². The summed E-state index contributed by atoms with van der Waals surface area (Å²) in [5.74, 6) is 0.428. The molecule has 0 saturated carbocycles. The van der Waals surface area contributed by atoms with Crippen molar-refractivity contribution >= 4 is 0 Å². The molecule has 0 unspecified atom stereocenters. The average molecular weight is 313 g/mol. The largest absolute Gasteiger partial charge is 0.298 e. The van der Waals surface area contributed by atoms with Gasteiger partial charge >= 0.3 is 0 Å². The smallest absolute Gasteiger partial charge is 0.0236 e. The van der Waals surface area contributed by atoms with Crippen LogP contribution in [0.15, 0.2) is 84.9 Å². The SMILES string of the molecule is c1ccc(C(CN2CCc3ccccc3C2)c2ccccc2)cc1. The fraction of sp³-hybridized carbons (Fsp3) is 0.217. The number of rotatable bonds is 4. The van der Waals surface area contributed by atoms with E-state index in [-0.39, 0.29) is 0 Å². The van der Waals surface area contributed by atoms with Crippen LogP contribution < -0.4 is 0 Å². The van der Waals surface area contributed by atoms with Gasteiger partial charge in [-0.15, -0.1) is 0 Å². The molecule has 0 radical (unpaired) electrons. The molecule has 0 N–H and O–H groups in total. The first-order valence-electron chi connectivity index (χ1n) is 8.79. The van der Waals surface area contributed by atoms with Crippen molar-refractivity contribution in [3.05, 3.63) is 107 Å².